The molecule has 9 heteroatoms. The van der Waals surface area contributed by atoms with Gasteiger partial charge in [-0.25, -0.2) is 9.78 Å². The summed E-state index contributed by atoms with van der Waals surface area (Å²) in [6.45, 7) is 3.94. The number of rotatable bonds is 6. The summed E-state index contributed by atoms with van der Waals surface area (Å²) in [7, 11) is 0. The summed E-state index contributed by atoms with van der Waals surface area (Å²) in [5.74, 6) is -0.643. The first-order chi connectivity index (χ1) is 13.0. The quantitative estimate of drug-likeness (QED) is 0.376. The number of hydrogen-bond acceptors (Lipinski definition) is 6. The van der Waals surface area contributed by atoms with Crippen molar-refractivity contribution in [2.75, 3.05) is 5.75 Å². The fourth-order valence-electron chi connectivity index (χ4n) is 2.44. The van der Waals surface area contributed by atoms with E-state index in [0.717, 1.165) is 22.2 Å². The number of aromatic nitrogens is 2. The molecule has 3 amide bonds. The van der Waals surface area contributed by atoms with Crippen molar-refractivity contribution >= 4 is 45.3 Å². The number of carbonyl (C=O) groups excluding carboxylic acids is 2. The smallest absolute Gasteiger partial charge is 0.318 e. The minimum absolute atomic E-state index is 0.0896. The molecule has 0 bridgehead atoms. The summed E-state index contributed by atoms with van der Waals surface area (Å²) in [5, 5.41) is 2.37. The van der Waals surface area contributed by atoms with Gasteiger partial charge in [-0.2, -0.15) is 0 Å². The highest BCUT2D eigenvalue weighted by Gasteiger charge is 2.16. The number of nitrogens with one attached hydrogen (secondary N) is 1. The van der Waals surface area contributed by atoms with Crippen LogP contribution >= 0.6 is 23.1 Å². The van der Waals surface area contributed by atoms with Crippen molar-refractivity contribution < 1.29 is 9.59 Å². The number of hydrogen-bond donors (Lipinski definition) is 2. The van der Waals surface area contributed by atoms with Gasteiger partial charge in [0.05, 0.1) is 11.3 Å². The van der Waals surface area contributed by atoms with Gasteiger partial charge >= 0.3 is 6.03 Å². The molecule has 0 aliphatic rings. The summed E-state index contributed by atoms with van der Waals surface area (Å²) in [4.78, 5) is 40.8. The van der Waals surface area contributed by atoms with Gasteiger partial charge in [0.2, 0.25) is 5.91 Å². The predicted octanol–water partition coefficient (Wildman–Crippen LogP) is 2.60. The highest BCUT2D eigenvalue weighted by atomic mass is 32.2. The Morgan fingerprint density at radius 2 is 2.07 bits per heavy atom. The average molecular weight is 400 g/mol. The van der Waals surface area contributed by atoms with Gasteiger partial charge in [0.15, 0.2) is 5.16 Å². The van der Waals surface area contributed by atoms with E-state index in [1.54, 1.807) is 6.08 Å². The van der Waals surface area contributed by atoms with E-state index in [1.165, 1.54) is 15.9 Å². The zero-order chi connectivity index (χ0) is 19.4. The molecule has 3 aromatic rings. The minimum Gasteiger partial charge on any atom is -0.351 e. The normalized spacial score (nSPS) is 10.7. The van der Waals surface area contributed by atoms with E-state index < -0.39 is 11.9 Å². The molecule has 7 nitrogen and oxygen atoms in total. The standard InChI is InChI=1S/C18H16N4O3S2/c1-2-8-22-16(24)15-12(9-13(27-15)11-6-4-3-5-7-11)20-18(22)26-10-14(23)21-17(19)25/h2-7,9H,1,8,10H2,(H3,19,21,23,25). The van der Waals surface area contributed by atoms with Crippen LogP contribution in [0.15, 0.2) is 59.0 Å². The molecule has 0 saturated heterocycles. The molecule has 0 unspecified atom stereocenters. The molecule has 0 aliphatic carbocycles. The number of amides is 3. The van der Waals surface area contributed by atoms with Gasteiger partial charge in [-0.1, -0.05) is 48.2 Å². The third-order valence-corrected chi connectivity index (χ3v) is 5.70. The Morgan fingerprint density at radius 1 is 1.33 bits per heavy atom. The Bertz CT molecular complexity index is 1070. The molecule has 0 fully saturated rings. The number of carbonyl (C=O) groups is 2. The third kappa shape index (κ3) is 4.26. The molecule has 0 aliphatic heterocycles. The molecule has 0 saturated carbocycles. The Morgan fingerprint density at radius 3 is 2.74 bits per heavy atom. The highest BCUT2D eigenvalue weighted by Crippen LogP contribution is 2.31. The van der Waals surface area contributed by atoms with Crippen LogP contribution in [-0.4, -0.2) is 27.2 Å². The van der Waals surface area contributed by atoms with Crippen molar-refractivity contribution in [2.45, 2.75) is 11.7 Å². The number of allylic oxidation sites excluding steroid dienone is 1. The van der Waals surface area contributed by atoms with Crippen LogP contribution in [0.25, 0.3) is 20.7 Å². The Balaban J connectivity index is 2.01. The van der Waals surface area contributed by atoms with Crippen molar-refractivity contribution in [3.05, 3.63) is 59.4 Å². The lowest BCUT2D eigenvalue weighted by atomic mass is 10.2. The number of nitrogens with zero attached hydrogens (tertiary/aromatic N) is 2. The molecule has 27 heavy (non-hydrogen) atoms. The van der Waals surface area contributed by atoms with Gasteiger partial charge in [-0.3, -0.25) is 19.5 Å². The first kappa shape index (κ1) is 18.9. The van der Waals surface area contributed by atoms with Crippen molar-refractivity contribution in [1.82, 2.24) is 14.9 Å². The molecule has 2 heterocycles. The third-order valence-electron chi connectivity index (χ3n) is 3.56. The van der Waals surface area contributed by atoms with Crippen LogP contribution in [0.2, 0.25) is 0 Å². The van der Waals surface area contributed by atoms with Gasteiger partial charge in [0.25, 0.3) is 5.56 Å². The molecular weight excluding hydrogens is 384 g/mol. The van der Waals surface area contributed by atoms with Gasteiger partial charge in [0, 0.05) is 11.4 Å². The van der Waals surface area contributed by atoms with Gasteiger partial charge < -0.3 is 5.73 Å². The van der Waals surface area contributed by atoms with E-state index in [9.17, 15) is 14.4 Å². The summed E-state index contributed by atoms with van der Waals surface area (Å²) in [6, 6.07) is 10.7. The van der Waals surface area contributed by atoms with E-state index in [1.807, 2.05) is 41.7 Å². The SMILES string of the molecule is C=CCn1c(SCC(=O)NC(N)=O)nc2cc(-c3ccccc3)sc2c1=O. The maximum atomic E-state index is 12.9. The number of fused-ring (bicyclic) bond motifs is 1. The number of urea groups is 1. The maximum Gasteiger partial charge on any atom is 0.318 e. The predicted molar refractivity (Wildman–Crippen MR) is 108 cm³/mol. The number of primary amides is 1. The molecule has 2 aromatic heterocycles. The number of nitrogens with two attached hydrogens (primary N) is 1. The zero-order valence-electron chi connectivity index (χ0n) is 14.2. The molecule has 1 aromatic carbocycles. The second-order valence-electron chi connectivity index (χ2n) is 5.49. The van der Waals surface area contributed by atoms with Crippen LogP contribution in [0.1, 0.15) is 0 Å². The zero-order valence-corrected chi connectivity index (χ0v) is 15.8. The van der Waals surface area contributed by atoms with E-state index in [2.05, 4.69) is 11.6 Å². The summed E-state index contributed by atoms with van der Waals surface area (Å²) < 4.78 is 2.00. The number of imide groups is 1. The van der Waals surface area contributed by atoms with Gasteiger partial charge in [-0.05, 0) is 11.6 Å². The van der Waals surface area contributed by atoms with Crippen LogP contribution in [0.4, 0.5) is 4.79 Å². The fourth-order valence-corrected chi connectivity index (χ4v) is 4.30. The monoisotopic (exact) mass is 400 g/mol. The maximum absolute atomic E-state index is 12.9. The summed E-state index contributed by atoms with van der Waals surface area (Å²) in [6.07, 6.45) is 1.59. The lowest BCUT2D eigenvalue weighted by molar-refractivity contribution is -0.117. The van der Waals surface area contributed by atoms with E-state index in [0.29, 0.717) is 15.4 Å². The lowest BCUT2D eigenvalue weighted by Crippen LogP contribution is -2.36. The number of thiophene rings is 1. The van der Waals surface area contributed by atoms with E-state index in [-0.39, 0.29) is 17.9 Å². The van der Waals surface area contributed by atoms with Crippen LogP contribution in [-0.2, 0) is 11.3 Å². The van der Waals surface area contributed by atoms with Gasteiger partial charge in [0.1, 0.15) is 4.70 Å². The fraction of sp³-hybridized carbons (Fsp3) is 0.111. The first-order valence-electron chi connectivity index (χ1n) is 7.92. The number of benzene rings is 1. The molecule has 0 radical (unpaired) electrons. The average Bonchev–Trinajstić information content (AvgIpc) is 3.07. The number of thioether (sulfide) groups is 1. The van der Waals surface area contributed by atoms with E-state index >= 15 is 0 Å². The highest BCUT2D eigenvalue weighted by molar-refractivity contribution is 7.99. The molecule has 3 N–H and O–H groups in total. The Hall–Kier alpha value is -2.91. The van der Waals surface area contributed by atoms with Crippen LogP contribution in [0, 0.1) is 0 Å². The molecular formula is C18H16N4O3S2. The van der Waals surface area contributed by atoms with Crippen molar-refractivity contribution in [3.8, 4) is 10.4 Å². The first-order valence-corrected chi connectivity index (χ1v) is 9.72. The summed E-state index contributed by atoms with van der Waals surface area (Å²) >= 11 is 2.44. The molecule has 0 spiro atoms. The largest absolute Gasteiger partial charge is 0.351 e. The van der Waals surface area contributed by atoms with Crippen molar-refractivity contribution in [1.29, 1.82) is 0 Å². The lowest BCUT2D eigenvalue weighted by Gasteiger charge is -2.09. The Kier molecular flexibility index (Phi) is 5.72. The minimum atomic E-state index is -0.919. The molecule has 138 valence electrons. The molecule has 3 rings (SSSR count). The topological polar surface area (TPSA) is 107 Å². The Labute approximate surface area is 162 Å². The van der Waals surface area contributed by atoms with Crippen molar-refractivity contribution in [3.63, 3.8) is 0 Å². The molecule has 0 atom stereocenters. The van der Waals surface area contributed by atoms with Crippen molar-refractivity contribution in [2.24, 2.45) is 5.73 Å². The van der Waals surface area contributed by atoms with Crippen LogP contribution in [0.3, 0.4) is 0 Å². The second-order valence-corrected chi connectivity index (χ2v) is 7.49. The summed E-state index contributed by atoms with van der Waals surface area (Å²) in [5.41, 5.74) is 6.32. The van der Waals surface area contributed by atoms with Crippen LogP contribution < -0.4 is 16.6 Å². The second kappa shape index (κ2) is 8.19. The van der Waals surface area contributed by atoms with Gasteiger partial charge in [-0.15, -0.1) is 17.9 Å². The van der Waals surface area contributed by atoms with Crippen LogP contribution in [0.5, 0.6) is 0 Å². The van der Waals surface area contributed by atoms with E-state index in [4.69, 9.17) is 5.73 Å².